The van der Waals surface area contributed by atoms with Crippen LogP contribution in [-0.4, -0.2) is 31.4 Å². The van der Waals surface area contributed by atoms with E-state index in [9.17, 15) is 9.59 Å². The molecule has 1 saturated heterocycles. The fourth-order valence-electron chi connectivity index (χ4n) is 1.87. The first-order valence-corrected chi connectivity index (χ1v) is 5.29. The van der Waals surface area contributed by atoms with Gasteiger partial charge in [0, 0.05) is 18.8 Å². The summed E-state index contributed by atoms with van der Waals surface area (Å²) in [5.74, 6) is -0.609. The first-order valence-electron chi connectivity index (χ1n) is 5.29. The van der Waals surface area contributed by atoms with Gasteiger partial charge in [0.15, 0.2) is 0 Å². The smallest absolute Gasteiger partial charge is 0.250 e. The van der Waals surface area contributed by atoms with Gasteiger partial charge in [-0.25, -0.2) is 0 Å². The van der Waals surface area contributed by atoms with Crippen LogP contribution in [0.5, 0.6) is 0 Å². The Morgan fingerprint density at radius 1 is 1.41 bits per heavy atom. The Hall–Kier alpha value is -2.24. The number of piperazine rings is 1. The van der Waals surface area contributed by atoms with Crippen LogP contribution in [0.15, 0.2) is 18.2 Å². The molecule has 6 heteroatoms. The van der Waals surface area contributed by atoms with Crippen molar-refractivity contribution in [3.63, 3.8) is 0 Å². The Bertz CT molecular complexity index is 473. The van der Waals surface area contributed by atoms with E-state index in [4.69, 9.17) is 11.5 Å². The maximum atomic E-state index is 11.3. The van der Waals surface area contributed by atoms with Crippen LogP contribution in [0.3, 0.4) is 0 Å². The molecule has 0 aliphatic carbocycles. The molecule has 5 N–H and O–H groups in total. The van der Waals surface area contributed by atoms with Gasteiger partial charge in [-0.2, -0.15) is 0 Å². The van der Waals surface area contributed by atoms with Gasteiger partial charge < -0.3 is 21.7 Å². The van der Waals surface area contributed by atoms with E-state index in [2.05, 4.69) is 5.32 Å². The fraction of sp³-hybridized carbons (Fsp3) is 0.273. The molecule has 1 fully saturated rings. The van der Waals surface area contributed by atoms with Crippen molar-refractivity contribution in [2.75, 3.05) is 30.3 Å². The molecule has 1 aromatic carbocycles. The van der Waals surface area contributed by atoms with Crippen molar-refractivity contribution in [2.45, 2.75) is 0 Å². The normalized spacial score (nSPS) is 15.5. The van der Waals surface area contributed by atoms with Gasteiger partial charge in [0.25, 0.3) is 5.91 Å². The standard InChI is InChI=1S/C11H14N4O2/c12-7-1-2-9(8(5-7)11(13)17)15-4-3-14-10(16)6-15/h1-2,5H,3-4,6,12H2,(H2,13,17)(H,14,16). The second-order valence-electron chi connectivity index (χ2n) is 3.91. The van der Waals surface area contributed by atoms with Gasteiger partial charge in [0.2, 0.25) is 5.91 Å². The van der Waals surface area contributed by atoms with E-state index in [0.29, 0.717) is 30.0 Å². The maximum absolute atomic E-state index is 11.3. The van der Waals surface area contributed by atoms with E-state index in [1.807, 2.05) is 4.90 Å². The third-order valence-corrected chi connectivity index (χ3v) is 2.67. The van der Waals surface area contributed by atoms with E-state index in [1.165, 1.54) is 6.07 Å². The van der Waals surface area contributed by atoms with Crippen molar-refractivity contribution < 1.29 is 9.59 Å². The lowest BCUT2D eigenvalue weighted by molar-refractivity contribution is -0.120. The number of benzene rings is 1. The van der Waals surface area contributed by atoms with Gasteiger partial charge in [-0.1, -0.05) is 0 Å². The Balaban J connectivity index is 2.37. The number of nitrogens with two attached hydrogens (primary N) is 2. The Kier molecular flexibility index (Phi) is 2.86. The molecule has 1 aliphatic rings. The van der Waals surface area contributed by atoms with Crippen molar-refractivity contribution >= 4 is 23.2 Å². The molecule has 0 atom stereocenters. The van der Waals surface area contributed by atoms with Gasteiger partial charge in [0.05, 0.1) is 17.8 Å². The highest BCUT2D eigenvalue weighted by atomic mass is 16.2. The van der Waals surface area contributed by atoms with Crippen LogP contribution < -0.4 is 21.7 Å². The summed E-state index contributed by atoms with van der Waals surface area (Å²) in [5, 5.41) is 2.72. The number of nitrogen functional groups attached to an aromatic ring is 1. The average molecular weight is 234 g/mol. The van der Waals surface area contributed by atoms with Crippen LogP contribution in [0.25, 0.3) is 0 Å². The molecule has 0 spiro atoms. The van der Waals surface area contributed by atoms with E-state index < -0.39 is 5.91 Å². The number of carbonyl (C=O) groups excluding carboxylic acids is 2. The SMILES string of the molecule is NC(=O)c1cc(N)ccc1N1CCNC(=O)C1. The van der Waals surface area contributed by atoms with Gasteiger partial charge in [-0.05, 0) is 18.2 Å². The van der Waals surface area contributed by atoms with Crippen molar-refractivity contribution in [3.8, 4) is 0 Å². The minimum atomic E-state index is -0.543. The highest BCUT2D eigenvalue weighted by molar-refractivity contribution is 6.00. The maximum Gasteiger partial charge on any atom is 0.250 e. The number of rotatable bonds is 2. The molecule has 2 rings (SSSR count). The van der Waals surface area contributed by atoms with Crippen LogP contribution in [0, 0.1) is 0 Å². The summed E-state index contributed by atoms with van der Waals surface area (Å²) in [7, 11) is 0. The van der Waals surface area contributed by atoms with Gasteiger partial charge in [-0.15, -0.1) is 0 Å². The summed E-state index contributed by atoms with van der Waals surface area (Å²) in [6.07, 6.45) is 0. The second-order valence-corrected chi connectivity index (χ2v) is 3.91. The fourth-order valence-corrected chi connectivity index (χ4v) is 1.87. The van der Waals surface area contributed by atoms with Gasteiger partial charge in [0.1, 0.15) is 0 Å². The lowest BCUT2D eigenvalue weighted by Gasteiger charge is -2.29. The molecule has 2 amide bonds. The number of hydrogen-bond acceptors (Lipinski definition) is 4. The molecule has 0 aromatic heterocycles. The molecule has 1 aromatic rings. The van der Waals surface area contributed by atoms with Crippen LogP contribution in [0.4, 0.5) is 11.4 Å². The third-order valence-electron chi connectivity index (χ3n) is 2.67. The lowest BCUT2D eigenvalue weighted by atomic mass is 10.1. The molecule has 0 radical (unpaired) electrons. The van der Waals surface area contributed by atoms with E-state index in [-0.39, 0.29) is 12.5 Å². The lowest BCUT2D eigenvalue weighted by Crippen LogP contribution is -2.48. The molecule has 0 saturated carbocycles. The zero-order valence-corrected chi connectivity index (χ0v) is 9.27. The molecule has 6 nitrogen and oxygen atoms in total. The first kappa shape index (κ1) is 11.3. The van der Waals surface area contributed by atoms with Crippen LogP contribution >= 0.6 is 0 Å². The zero-order valence-electron chi connectivity index (χ0n) is 9.27. The van der Waals surface area contributed by atoms with E-state index in [1.54, 1.807) is 12.1 Å². The number of primary amides is 1. The number of hydrogen-bond donors (Lipinski definition) is 3. The van der Waals surface area contributed by atoms with Crippen LogP contribution in [-0.2, 0) is 4.79 Å². The second kappa shape index (κ2) is 4.32. The van der Waals surface area contributed by atoms with Crippen molar-refractivity contribution in [1.29, 1.82) is 0 Å². The molecule has 1 aliphatic heterocycles. The predicted octanol–water partition coefficient (Wildman–Crippen LogP) is -0.696. The number of nitrogens with zero attached hydrogens (tertiary/aromatic N) is 1. The Morgan fingerprint density at radius 3 is 2.82 bits per heavy atom. The van der Waals surface area contributed by atoms with Crippen molar-refractivity contribution in [2.24, 2.45) is 5.73 Å². The predicted molar refractivity (Wildman–Crippen MR) is 64.6 cm³/mol. The monoisotopic (exact) mass is 234 g/mol. The summed E-state index contributed by atoms with van der Waals surface area (Å²) < 4.78 is 0. The zero-order chi connectivity index (χ0) is 12.4. The summed E-state index contributed by atoms with van der Waals surface area (Å²) >= 11 is 0. The van der Waals surface area contributed by atoms with E-state index in [0.717, 1.165) is 0 Å². The summed E-state index contributed by atoms with van der Waals surface area (Å²) in [6, 6.07) is 4.94. The summed E-state index contributed by atoms with van der Waals surface area (Å²) in [5.41, 5.74) is 12.4. The summed E-state index contributed by atoms with van der Waals surface area (Å²) in [6.45, 7) is 1.43. The number of anilines is 2. The largest absolute Gasteiger partial charge is 0.399 e. The molecule has 0 bridgehead atoms. The van der Waals surface area contributed by atoms with E-state index >= 15 is 0 Å². The van der Waals surface area contributed by atoms with Gasteiger partial charge in [-0.3, -0.25) is 9.59 Å². The van der Waals surface area contributed by atoms with Crippen LogP contribution in [0.1, 0.15) is 10.4 Å². The first-order chi connectivity index (χ1) is 8.08. The minimum Gasteiger partial charge on any atom is -0.399 e. The highest BCUT2D eigenvalue weighted by Crippen LogP contribution is 2.23. The molecular formula is C11H14N4O2. The number of carbonyl (C=O) groups is 2. The van der Waals surface area contributed by atoms with Crippen LogP contribution in [0.2, 0.25) is 0 Å². The molecule has 90 valence electrons. The topological polar surface area (TPSA) is 101 Å². The molecule has 0 unspecified atom stereocenters. The molecular weight excluding hydrogens is 220 g/mol. The Labute approximate surface area is 98.6 Å². The quantitative estimate of drug-likeness (QED) is 0.589. The third kappa shape index (κ3) is 2.30. The van der Waals surface area contributed by atoms with Crippen molar-refractivity contribution in [3.05, 3.63) is 23.8 Å². The summed E-state index contributed by atoms with van der Waals surface area (Å²) in [4.78, 5) is 24.5. The molecule has 1 heterocycles. The highest BCUT2D eigenvalue weighted by Gasteiger charge is 2.20. The van der Waals surface area contributed by atoms with Crippen molar-refractivity contribution in [1.82, 2.24) is 5.32 Å². The average Bonchev–Trinajstić information content (AvgIpc) is 2.28. The minimum absolute atomic E-state index is 0.0662. The molecule has 17 heavy (non-hydrogen) atoms. The number of amides is 2. The van der Waals surface area contributed by atoms with Gasteiger partial charge >= 0.3 is 0 Å². The Morgan fingerprint density at radius 2 is 2.18 bits per heavy atom. The number of nitrogens with one attached hydrogen (secondary N) is 1.